The Morgan fingerprint density at radius 3 is 1.28 bits per heavy atom. The van der Waals surface area contributed by atoms with E-state index in [2.05, 4.69) is 0 Å². The summed E-state index contributed by atoms with van der Waals surface area (Å²) in [6, 6.07) is 25.9. The first kappa shape index (κ1) is 41.4. The summed E-state index contributed by atoms with van der Waals surface area (Å²) in [5, 5.41) is 20.8. The Morgan fingerprint density at radius 2 is 0.906 bits per heavy atom. The number of carbonyl (C=O) groups is 4. The van der Waals surface area contributed by atoms with Crippen LogP contribution in [0.4, 0.5) is 0 Å². The lowest BCUT2D eigenvalue weighted by Gasteiger charge is -2.38. The minimum atomic E-state index is -1.07. The van der Waals surface area contributed by atoms with Gasteiger partial charge in [0.15, 0.2) is 0 Å². The maximum Gasteiger partial charge on any atom is 0.323 e. The Morgan fingerprint density at radius 1 is 0.547 bits per heavy atom. The molecule has 53 heavy (non-hydrogen) atoms. The van der Waals surface area contributed by atoms with E-state index in [9.17, 15) is 29.4 Å². The van der Waals surface area contributed by atoms with E-state index < -0.39 is 30.1 Å². The number of rotatable bonds is 20. The first-order valence-electron chi connectivity index (χ1n) is 18.0. The molecule has 0 saturated carbocycles. The summed E-state index contributed by atoms with van der Waals surface area (Å²) in [5.74, 6) is -2.13. The van der Waals surface area contributed by atoms with E-state index in [0.29, 0.717) is 32.8 Å². The molecule has 1 heterocycles. The van der Waals surface area contributed by atoms with Gasteiger partial charge in [-0.05, 0) is 16.7 Å². The second-order valence-corrected chi connectivity index (χ2v) is 13.0. The van der Waals surface area contributed by atoms with Gasteiger partial charge in [0.1, 0.15) is 24.7 Å². The number of hydrogen-bond acceptors (Lipinski definition) is 11. The SMILES string of the molecule is O=CCN1CCN(C(C=O)COCc2ccccc2)CCN(C(COCc2ccccc2)C(=O)O)CCN(C(COCc2ccccc2)C(=O)O)CC1. The molecule has 2 N–H and O–H groups in total. The highest BCUT2D eigenvalue weighted by atomic mass is 16.5. The summed E-state index contributed by atoms with van der Waals surface area (Å²) in [6.45, 7) is 3.32. The summed E-state index contributed by atoms with van der Waals surface area (Å²) in [7, 11) is 0. The van der Waals surface area contributed by atoms with Crippen molar-refractivity contribution >= 4 is 24.5 Å². The van der Waals surface area contributed by atoms with E-state index in [1.54, 1.807) is 9.80 Å². The lowest BCUT2D eigenvalue weighted by molar-refractivity contribution is -0.149. The second kappa shape index (κ2) is 23.4. The molecule has 3 aromatic rings. The van der Waals surface area contributed by atoms with Crippen LogP contribution in [0.5, 0.6) is 0 Å². The van der Waals surface area contributed by atoms with Gasteiger partial charge >= 0.3 is 11.9 Å². The van der Waals surface area contributed by atoms with Crippen LogP contribution >= 0.6 is 0 Å². The van der Waals surface area contributed by atoms with Gasteiger partial charge in [0.2, 0.25) is 0 Å². The molecular weight excluding hydrogens is 680 g/mol. The molecule has 0 radical (unpaired) electrons. The lowest BCUT2D eigenvalue weighted by atomic mass is 10.2. The summed E-state index contributed by atoms with van der Waals surface area (Å²) in [4.78, 5) is 57.2. The number of hydrogen-bond donors (Lipinski definition) is 2. The van der Waals surface area contributed by atoms with Crippen molar-refractivity contribution in [1.29, 1.82) is 0 Å². The third-order valence-electron chi connectivity index (χ3n) is 9.34. The van der Waals surface area contributed by atoms with Crippen molar-refractivity contribution in [2.45, 2.75) is 37.9 Å². The van der Waals surface area contributed by atoms with Crippen molar-refractivity contribution in [3.63, 3.8) is 0 Å². The monoisotopic (exact) mass is 732 g/mol. The summed E-state index contributed by atoms with van der Waals surface area (Å²) < 4.78 is 17.8. The molecule has 3 unspecified atom stereocenters. The van der Waals surface area contributed by atoms with Crippen LogP contribution in [-0.4, -0.2) is 151 Å². The normalized spacial score (nSPS) is 17.5. The first-order valence-corrected chi connectivity index (χ1v) is 18.0. The van der Waals surface area contributed by atoms with Crippen LogP contribution in [0, 0.1) is 0 Å². The van der Waals surface area contributed by atoms with Gasteiger partial charge in [-0.3, -0.25) is 29.2 Å². The molecular formula is C40H52N4O9. The average molecular weight is 733 g/mol. The number of nitrogens with zero attached hydrogens (tertiary/aromatic N) is 4. The van der Waals surface area contributed by atoms with Crippen LogP contribution in [0.3, 0.4) is 0 Å². The predicted octanol–water partition coefficient (Wildman–Crippen LogP) is 2.53. The van der Waals surface area contributed by atoms with Crippen LogP contribution < -0.4 is 0 Å². The van der Waals surface area contributed by atoms with Crippen LogP contribution in [0.1, 0.15) is 16.7 Å². The van der Waals surface area contributed by atoms with Crippen molar-refractivity contribution in [3.05, 3.63) is 108 Å². The Bertz CT molecular complexity index is 1500. The van der Waals surface area contributed by atoms with Gasteiger partial charge < -0.3 is 34.0 Å². The summed E-state index contributed by atoms with van der Waals surface area (Å²) in [6.07, 6.45) is 1.66. The van der Waals surface area contributed by atoms with Crippen LogP contribution in [0.15, 0.2) is 91.0 Å². The molecule has 1 fully saturated rings. The molecule has 0 aliphatic carbocycles. The third kappa shape index (κ3) is 14.5. The fraction of sp³-hybridized carbons (Fsp3) is 0.450. The van der Waals surface area contributed by atoms with E-state index in [1.807, 2.05) is 101 Å². The second-order valence-electron chi connectivity index (χ2n) is 13.0. The number of carboxylic acids is 2. The largest absolute Gasteiger partial charge is 0.480 e. The average Bonchev–Trinajstić information content (AvgIpc) is 3.17. The molecule has 0 aromatic heterocycles. The number of carbonyl (C=O) groups excluding carboxylic acids is 2. The van der Waals surface area contributed by atoms with Gasteiger partial charge in [-0.15, -0.1) is 0 Å². The van der Waals surface area contributed by atoms with E-state index in [4.69, 9.17) is 14.2 Å². The van der Waals surface area contributed by atoms with Crippen molar-refractivity contribution in [1.82, 2.24) is 19.6 Å². The topological polar surface area (TPSA) is 149 Å². The zero-order valence-electron chi connectivity index (χ0n) is 30.2. The van der Waals surface area contributed by atoms with Gasteiger partial charge in [-0.1, -0.05) is 91.0 Å². The molecule has 1 aliphatic heterocycles. The molecule has 13 nitrogen and oxygen atoms in total. The Balaban J connectivity index is 1.54. The predicted molar refractivity (Wildman–Crippen MR) is 198 cm³/mol. The van der Waals surface area contributed by atoms with E-state index in [0.717, 1.165) is 29.3 Å². The fourth-order valence-electron chi connectivity index (χ4n) is 6.24. The van der Waals surface area contributed by atoms with Gasteiger partial charge in [-0.25, -0.2) is 0 Å². The van der Waals surface area contributed by atoms with Crippen molar-refractivity contribution in [2.75, 3.05) is 78.7 Å². The number of carboxylic acid groups (broad SMARTS) is 2. The molecule has 13 heteroatoms. The molecule has 286 valence electrons. The lowest BCUT2D eigenvalue weighted by Crippen LogP contribution is -2.56. The quantitative estimate of drug-likeness (QED) is 0.164. The van der Waals surface area contributed by atoms with Gasteiger partial charge in [0.05, 0.1) is 52.2 Å². The van der Waals surface area contributed by atoms with Crippen molar-refractivity contribution in [3.8, 4) is 0 Å². The smallest absolute Gasteiger partial charge is 0.323 e. The van der Waals surface area contributed by atoms with Crippen LogP contribution in [0.25, 0.3) is 0 Å². The fourth-order valence-corrected chi connectivity index (χ4v) is 6.24. The minimum absolute atomic E-state index is 0.0851. The van der Waals surface area contributed by atoms with Crippen LogP contribution in [0.2, 0.25) is 0 Å². The Kier molecular flexibility index (Phi) is 18.2. The van der Waals surface area contributed by atoms with Crippen LogP contribution in [-0.2, 0) is 53.2 Å². The Hall–Kier alpha value is -4.34. The third-order valence-corrected chi connectivity index (χ3v) is 9.34. The van der Waals surface area contributed by atoms with Crippen molar-refractivity contribution < 1.29 is 43.6 Å². The standard InChI is InChI=1S/C40H52N4O9/c45-25-24-41-16-18-42(36(26-46)30-51-27-33-10-4-1-5-11-33)20-21-44(38(40(49)50)32-53-29-35-14-8-3-9-15-35)23-22-43(19-17-41)37(39(47)48)31-52-28-34-12-6-2-7-13-34/h1-15,25-26,36-38H,16-24,27-32H2,(H,47,48)(H,49,50). The molecule has 3 aromatic carbocycles. The number of benzene rings is 3. The number of aldehydes is 2. The van der Waals surface area contributed by atoms with Gasteiger partial charge in [0, 0.05) is 52.4 Å². The molecule has 1 saturated heterocycles. The highest BCUT2D eigenvalue weighted by Gasteiger charge is 2.32. The highest BCUT2D eigenvalue weighted by molar-refractivity contribution is 5.74. The molecule has 1 aliphatic rings. The first-order chi connectivity index (χ1) is 25.9. The van der Waals surface area contributed by atoms with Gasteiger partial charge in [0.25, 0.3) is 0 Å². The molecule has 0 bridgehead atoms. The van der Waals surface area contributed by atoms with Gasteiger partial charge in [-0.2, -0.15) is 0 Å². The molecule has 4 rings (SSSR count). The highest BCUT2D eigenvalue weighted by Crippen LogP contribution is 2.13. The van der Waals surface area contributed by atoms with E-state index in [1.165, 1.54) is 0 Å². The zero-order valence-corrected chi connectivity index (χ0v) is 30.2. The maximum atomic E-state index is 12.8. The molecule has 3 atom stereocenters. The molecule has 0 spiro atoms. The minimum Gasteiger partial charge on any atom is -0.480 e. The van der Waals surface area contributed by atoms with E-state index >= 15 is 0 Å². The summed E-state index contributed by atoms with van der Waals surface area (Å²) in [5.41, 5.74) is 2.80. The van der Waals surface area contributed by atoms with Crippen molar-refractivity contribution in [2.24, 2.45) is 0 Å². The molecule has 0 amide bonds. The maximum absolute atomic E-state index is 12.8. The summed E-state index contributed by atoms with van der Waals surface area (Å²) >= 11 is 0. The zero-order chi connectivity index (χ0) is 37.7. The number of ether oxygens (including phenoxy) is 3. The number of aliphatic carboxylic acids is 2. The van der Waals surface area contributed by atoms with E-state index in [-0.39, 0.29) is 65.8 Å². The Labute approximate surface area is 311 Å².